The number of anilines is 1. The monoisotopic (exact) mass is 431 g/mol. The van der Waals surface area contributed by atoms with Crippen LogP contribution in [0.4, 0.5) is 10.1 Å². The van der Waals surface area contributed by atoms with Crippen molar-refractivity contribution in [3.05, 3.63) is 78.1 Å². The molecule has 3 aromatic rings. The number of benzene rings is 3. The highest BCUT2D eigenvalue weighted by atomic mass is 32.2. The van der Waals surface area contributed by atoms with Crippen molar-refractivity contribution in [1.82, 2.24) is 0 Å². The van der Waals surface area contributed by atoms with Crippen molar-refractivity contribution >= 4 is 15.7 Å². The lowest BCUT2D eigenvalue weighted by Gasteiger charge is -2.25. The van der Waals surface area contributed by atoms with Crippen molar-refractivity contribution in [2.45, 2.75) is 11.4 Å². The molecule has 0 unspecified atom stereocenters. The average Bonchev–Trinajstić information content (AvgIpc) is 2.77. The Morgan fingerprint density at radius 2 is 1.30 bits per heavy atom. The van der Waals surface area contributed by atoms with Gasteiger partial charge in [-0.05, 0) is 42.0 Å². The summed E-state index contributed by atoms with van der Waals surface area (Å²) < 4.78 is 57.3. The molecular weight excluding hydrogens is 409 g/mol. The van der Waals surface area contributed by atoms with Gasteiger partial charge in [-0.25, -0.2) is 12.8 Å². The van der Waals surface area contributed by atoms with Crippen molar-refractivity contribution in [2.24, 2.45) is 0 Å². The molecule has 0 saturated carbocycles. The number of hydrogen-bond acceptors (Lipinski definition) is 5. The Kier molecular flexibility index (Phi) is 6.47. The normalized spacial score (nSPS) is 11.1. The van der Waals surface area contributed by atoms with Crippen LogP contribution >= 0.6 is 0 Å². The van der Waals surface area contributed by atoms with Crippen LogP contribution in [-0.2, 0) is 16.6 Å². The molecule has 0 bridgehead atoms. The fourth-order valence-corrected chi connectivity index (χ4v) is 4.32. The lowest BCUT2D eigenvalue weighted by Crippen LogP contribution is -2.30. The van der Waals surface area contributed by atoms with Crippen LogP contribution in [-0.4, -0.2) is 29.7 Å². The first-order chi connectivity index (χ1) is 14.4. The summed E-state index contributed by atoms with van der Waals surface area (Å²) in [6.07, 6.45) is 0. The fourth-order valence-electron chi connectivity index (χ4n) is 2.88. The van der Waals surface area contributed by atoms with E-state index in [4.69, 9.17) is 14.2 Å². The number of ether oxygens (including phenoxy) is 3. The molecule has 6 nitrogen and oxygen atoms in total. The van der Waals surface area contributed by atoms with Crippen LogP contribution in [0.3, 0.4) is 0 Å². The van der Waals surface area contributed by atoms with Gasteiger partial charge in [0.05, 0.1) is 38.5 Å². The lowest BCUT2D eigenvalue weighted by atomic mass is 10.2. The minimum atomic E-state index is -4.01. The quantitative estimate of drug-likeness (QED) is 0.534. The number of methoxy groups -OCH3 is 3. The summed E-state index contributed by atoms with van der Waals surface area (Å²) in [6.45, 7) is 0.0417. The third kappa shape index (κ3) is 4.65. The Bertz CT molecular complexity index is 1080. The van der Waals surface area contributed by atoms with E-state index in [1.165, 1.54) is 30.7 Å². The average molecular weight is 431 g/mol. The summed E-state index contributed by atoms with van der Waals surface area (Å²) in [7, 11) is 0.522. The molecule has 0 atom stereocenters. The van der Waals surface area contributed by atoms with Gasteiger partial charge in [0, 0.05) is 18.2 Å². The smallest absolute Gasteiger partial charge is 0.264 e. The summed E-state index contributed by atoms with van der Waals surface area (Å²) in [6, 6.07) is 16.6. The molecule has 3 aromatic carbocycles. The van der Waals surface area contributed by atoms with E-state index in [1.807, 2.05) is 0 Å². The maximum Gasteiger partial charge on any atom is 0.264 e. The first-order valence-electron chi connectivity index (χ1n) is 9.01. The van der Waals surface area contributed by atoms with Crippen LogP contribution in [0.2, 0.25) is 0 Å². The molecule has 0 amide bonds. The second-order valence-electron chi connectivity index (χ2n) is 6.38. The van der Waals surface area contributed by atoms with Crippen molar-refractivity contribution in [3.63, 3.8) is 0 Å². The highest BCUT2D eigenvalue weighted by Crippen LogP contribution is 2.33. The van der Waals surface area contributed by atoms with Gasteiger partial charge in [-0.15, -0.1) is 0 Å². The summed E-state index contributed by atoms with van der Waals surface area (Å²) in [5.74, 6) is 1.03. The SMILES string of the molecule is COc1ccc(CN(c2cc(OC)cc(OC)c2)S(=O)(=O)c2ccc(F)cc2)cc1. The molecular formula is C22H22FNO5S. The predicted octanol–water partition coefficient (Wildman–Crippen LogP) is 4.25. The molecule has 0 saturated heterocycles. The van der Waals surface area contributed by atoms with Crippen molar-refractivity contribution < 1.29 is 27.0 Å². The molecule has 0 aliphatic heterocycles. The number of sulfonamides is 1. The molecule has 0 aliphatic carbocycles. The molecule has 0 spiro atoms. The zero-order valence-electron chi connectivity index (χ0n) is 16.8. The van der Waals surface area contributed by atoms with Gasteiger partial charge in [-0.1, -0.05) is 12.1 Å². The molecule has 30 heavy (non-hydrogen) atoms. The summed E-state index contributed by atoms with van der Waals surface area (Å²) in [5.41, 5.74) is 1.09. The first kappa shape index (κ1) is 21.4. The van der Waals surface area contributed by atoms with Crippen LogP contribution in [0.15, 0.2) is 71.6 Å². The Hall–Kier alpha value is -3.26. The Morgan fingerprint density at radius 1 is 0.767 bits per heavy atom. The molecule has 158 valence electrons. The topological polar surface area (TPSA) is 65.1 Å². The van der Waals surface area contributed by atoms with E-state index in [1.54, 1.807) is 49.6 Å². The minimum Gasteiger partial charge on any atom is -0.497 e. The summed E-state index contributed by atoms with van der Waals surface area (Å²) in [5, 5.41) is 0. The molecule has 0 N–H and O–H groups in total. The standard InChI is InChI=1S/C22H22FNO5S/c1-27-19-8-4-16(5-9-19)15-24(18-12-20(28-2)14-21(13-18)29-3)30(25,26)22-10-6-17(23)7-11-22/h4-14H,15H2,1-3H3. The number of nitrogens with zero attached hydrogens (tertiary/aromatic N) is 1. The molecule has 0 aromatic heterocycles. The van der Waals surface area contributed by atoms with Gasteiger partial charge in [-0.3, -0.25) is 4.31 Å². The maximum atomic E-state index is 13.5. The zero-order valence-corrected chi connectivity index (χ0v) is 17.6. The molecule has 8 heteroatoms. The van der Waals surface area contributed by atoms with E-state index in [2.05, 4.69) is 0 Å². The van der Waals surface area contributed by atoms with Crippen LogP contribution in [0.5, 0.6) is 17.2 Å². The van der Waals surface area contributed by atoms with Crippen molar-refractivity contribution in [2.75, 3.05) is 25.6 Å². The van der Waals surface area contributed by atoms with E-state index in [9.17, 15) is 12.8 Å². The van der Waals surface area contributed by atoms with Gasteiger partial charge in [0.15, 0.2) is 0 Å². The van der Waals surface area contributed by atoms with E-state index in [0.29, 0.717) is 22.9 Å². The molecule has 0 radical (unpaired) electrons. The van der Waals surface area contributed by atoms with Gasteiger partial charge in [-0.2, -0.15) is 0 Å². The second-order valence-corrected chi connectivity index (χ2v) is 8.25. The van der Waals surface area contributed by atoms with E-state index in [0.717, 1.165) is 17.7 Å². The number of rotatable bonds is 8. The summed E-state index contributed by atoms with van der Waals surface area (Å²) in [4.78, 5) is -0.0285. The van der Waals surface area contributed by atoms with Gasteiger partial charge in [0.1, 0.15) is 23.1 Å². The first-order valence-corrected chi connectivity index (χ1v) is 10.5. The van der Waals surface area contributed by atoms with Crippen molar-refractivity contribution in [3.8, 4) is 17.2 Å². The van der Waals surface area contributed by atoms with Crippen molar-refractivity contribution in [1.29, 1.82) is 0 Å². The largest absolute Gasteiger partial charge is 0.497 e. The van der Waals surface area contributed by atoms with Gasteiger partial charge in [0.25, 0.3) is 10.0 Å². The minimum absolute atomic E-state index is 0.0285. The molecule has 3 rings (SSSR count). The third-order valence-corrected chi connectivity index (χ3v) is 6.30. The van der Waals surface area contributed by atoms with Crippen LogP contribution in [0, 0.1) is 5.82 Å². The van der Waals surface area contributed by atoms with Gasteiger partial charge < -0.3 is 14.2 Å². The highest BCUT2D eigenvalue weighted by Gasteiger charge is 2.26. The van der Waals surface area contributed by atoms with Gasteiger partial charge in [0.2, 0.25) is 0 Å². The lowest BCUT2D eigenvalue weighted by molar-refractivity contribution is 0.394. The second kappa shape index (κ2) is 9.04. The van der Waals surface area contributed by atoms with Crippen LogP contribution in [0.25, 0.3) is 0 Å². The van der Waals surface area contributed by atoms with E-state index < -0.39 is 15.8 Å². The molecule has 0 aliphatic rings. The summed E-state index contributed by atoms with van der Waals surface area (Å²) >= 11 is 0. The van der Waals surface area contributed by atoms with Crippen LogP contribution in [0.1, 0.15) is 5.56 Å². The third-order valence-electron chi connectivity index (χ3n) is 4.51. The van der Waals surface area contributed by atoms with E-state index in [-0.39, 0.29) is 11.4 Å². The molecule has 0 fully saturated rings. The Balaban J connectivity index is 2.11. The van der Waals surface area contributed by atoms with Gasteiger partial charge >= 0.3 is 0 Å². The Labute approximate surface area is 175 Å². The fraction of sp³-hybridized carbons (Fsp3) is 0.182. The van der Waals surface area contributed by atoms with E-state index >= 15 is 0 Å². The van der Waals surface area contributed by atoms with Crippen LogP contribution < -0.4 is 18.5 Å². The molecule has 0 heterocycles. The predicted molar refractivity (Wildman–Crippen MR) is 112 cm³/mol. The maximum absolute atomic E-state index is 13.5. The Morgan fingerprint density at radius 3 is 1.80 bits per heavy atom. The number of hydrogen-bond donors (Lipinski definition) is 0. The highest BCUT2D eigenvalue weighted by molar-refractivity contribution is 7.92. The zero-order chi connectivity index (χ0) is 21.7. The number of halogens is 1.